The number of Topliss-reactive ketones (excluding diaryl/α,β-unsaturated/α-hetero) is 1. The van der Waals surface area contributed by atoms with Gasteiger partial charge in [-0.3, -0.25) is 9.36 Å². The summed E-state index contributed by atoms with van der Waals surface area (Å²) in [5.74, 6) is -0.201. The van der Waals surface area contributed by atoms with Crippen molar-refractivity contribution < 1.29 is 47.0 Å². The number of guanidine groups is 1. The maximum absolute atomic E-state index is 10.8. The van der Waals surface area contributed by atoms with Gasteiger partial charge in [0.2, 0.25) is 0 Å². The van der Waals surface area contributed by atoms with E-state index in [4.69, 9.17) is 10.6 Å². The van der Waals surface area contributed by atoms with Gasteiger partial charge in [-0.25, -0.2) is 0 Å². The van der Waals surface area contributed by atoms with Crippen LogP contribution in [0.2, 0.25) is 0 Å². The molecule has 3 N–H and O–H groups in total. The molecule has 0 spiro atoms. The first-order chi connectivity index (χ1) is 5.72. The quantitative estimate of drug-likeness (QED) is 0.421. The number of nitrogens with two attached hydrogens (primary N) is 1. The molecule has 0 fully saturated rings. The minimum atomic E-state index is -3.51. The number of carbonyl (C=O) groups excluding carboxylic acids is 1. The van der Waals surface area contributed by atoms with E-state index in [2.05, 4.69) is 4.76 Å². The molecule has 0 aromatic rings. The Morgan fingerprint density at radius 1 is 1.64 bits per heavy atom. The Bertz CT molecular complexity index is 275. The van der Waals surface area contributed by atoms with E-state index in [0.717, 1.165) is 6.66 Å². The zero-order chi connectivity index (χ0) is 10.6. The van der Waals surface area contributed by atoms with Crippen molar-refractivity contribution in [1.29, 1.82) is 0 Å². The molecule has 0 heterocycles. The van der Waals surface area contributed by atoms with Gasteiger partial charge in [0, 0.05) is 46.4 Å². The molecule has 0 bridgehead atoms. The van der Waals surface area contributed by atoms with Crippen LogP contribution in [0, 0.1) is 0 Å². The fourth-order valence-corrected chi connectivity index (χ4v) is 1.21. The van der Waals surface area contributed by atoms with E-state index in [9.17, 15) is 9.36 Å². The summed E-state index contributed by atoms with van der Waals surface area (Å²) in [5.41, 5.74) is 5.34. The summed E-state index contributed by atoms with van der Waals surface area (Å²) in [5, 5.41) is 0. The number of nitrogens with zero attached hydrogens (tertiary/aromatic N) is 2. The topological polar surface area (TPSA) is 96.0 Å². The summed E-state index contributed by atoms with van der Waals surface area (Å²) >= 11 is 0. The minimum absolute atomic E-state index is 0. The Labute approximate surface area is 108 Å². The molecule has 79 valence electrons. The third kappa shape index (κ3) is 8.82. The Hall–Kier alpha value is 0.234. The van der Waals surface area contributed by atoms with Crippen LogP contribution in [0.25, 0.3) is 0 Å². The van der Waals surface area contributed by atoms with Crippen LogP contribution < -0.4 is 5.73 Å². The van der Waals surface area contributed by atoms with Crippen LogP contribution in [0.5, 0.6) is 0 Å². The number of carbonyl (C=O) groups is 1. The van der Waals surface area contributed by atoms with Crippen molar-refractivity contribution in [3.8, 4) is 0 Å². The molecule has 0 aliphatic heterocycles. The van der Waals surface area contributed by atoms with Crippen LogP contribution in [-0.2, 0) is 42.1 Å². The molecule has 0 aliphatic rings. The molecule has 0 rings (SSSR count). The largest absolute Gasteiger partial charge is 0.369 e. The Kier molecular flexibility index (Phi) is 7.93. The van der Waals surface area contributed by atoms with Crippen molar-refractivity contribution in [2.24, 2.45) is 10.5 Å². The Balaban J connectivity index is 0. The van der Waals surface area contributed by atoms with E-state index < -0.39 is 7.52 Å². The summed E-state index contributed by atoms with van der Waals surface area (Å²) in [7, 11) is -1.99. The van der Waals surface area contributed by atoms with Gasteiger partial charge in [0.25, 0.3) is 0 Å². The van der Waals surface area contributed by atoms with Crippen molar-refractivity contribution >= 4 is 19.3 Å². The fourth-order valence-electron chi connectivity index (χ4n) is 0.681. The van der Waals surface area contributed by atoms with Gasteiger partial charge >= 0.3 is 7.52 Å². The summed E-state index contributed by atoms with van der Waals surface area (Å²) in [6, 6.07) is 0. The van der Waals surface area contributed by atoms with E-state index in [1.165, 1.54) is 18.9 Å². The fraction of sp³-hybridized carbons (Fsp3) is 0.667. The number of likely N-dealkylation sites (N-methyl/N-ethyl adjacent to an activating group) is 1. The second-order valence-electron chi connectivity index (χ2n) is 2.85. The van der Waals surface area contributed by atoms with Gasteiger partial charge in [0.15, 0.2) is 5.96 Å². The second-order valence-corrected chi connectivity index (χ2v) is 4.72. The van der Waals surface area contributed by atoms with E-state index in [-0.39, 0.29) is 51.0 Å². The van der Waals surface area contributed by atoms with E-state index in [1.54, 1.807) is 0 Å². The number of hydrogen-bond acceptors (Lipinski definition) is 2. The monoisotopic (exact) mass is 296 g/mol. The van der Waals surface area contributed by atoms with Crippen molar-refractivity contribution in [3.05, 3.63) is 0 Å². The zero-order valence-corrected chi connectivity index (χ0v) is 12.2. The molecule has 8 heteroatoms. The molecule has 6 nitrogen and oxygen atoms in total. The van der Waals surface area contributed by atoms with Crippen molar-refractivity contribution in [2.75, 3.05) is 20.3 Å². The van der Waals surface area contributed by atoms with Gasteiger partial charge in [-0.05, 0) is 6.92 Å². The normalized spacial score (nSPS) is 15.3. The van der Waals surface area contributed by atoms with Crippen LogP contribution in [0.4, 0.5) is 0 Å². The number of ketones is 1. The number of hydrogen-bond donors (Lipinski definition) is 2. The summed E-state index contributed by atoms with van der Waals surface area (Å²) in [4.78, 5) is 20.8. The molecule has 1 unspecified atom stereocenters. The predicted octanol–water partition coefficient (Wildman–Crippen LogP) is -0.365. The summed E-state index contributed by atoms with van der Waals surface area (Å²) in [6.07, 6.45) is 0. The van der Waals surface area contributed by atoms with Gasteiger partial charge in [-0.2, -0.15) is 4.76 Å². The van der Waals surface area contributed by atoms with Crippen LogP contribution in [0.1, 0.15) is 6.92 Å². The van der Waals surface area contributed by atoms with Gasteiger partial charge in [-0.1, -0.05) is 0 Å². The van der Waals surface area contributed by atoms with E-state index >= 15 is 0 Å². The molecule has 14 heavy (non-hydrogen) atoms. The van der Waals surface area contributed by atoms with Crippen molar-refractivity contribution in [3.63, 3.8) is 0 Å². The predicted molar refractivity (Wildman–Crippen MR) is 50.7 cm³/mol. The third-order valence-corrected chi connectivity index (χ3v) is 1.71. The first kappa shape index (κ1) is 16.7. The van der Waals surface area contributed by atoms with Gasteiger partial charge < -0.3 is 15.5 Å². The van der Waals surface area contributed by atoms with Crippen LogP contribution in [0.3, 0.4) is 0 Å². The van der Waals surface area contributed by atoms with Gasteiger partial charge in [-0.15, -0.1) is 0 Å². The molecular formula is C6H14N3O3PY. The molecule has 1 atom stereocenters. The van der Waals surface area contributed by atoms with E-state index in [1.807, 2.05) is 0 Å². The average molecular weight is 296 g/mol. The maximum Gasteiger partial charge on any atom is 0.312 e. The van der Waals surface area contributed by atoms with E-state index in [0.29, 0.717) is 0 Å². The standard InChI is InChI=1S/C6H14N3O3P.Y/c1-5(10)4-9(2)6(7)8-13(3,11)12;/h4H2,1-3H3,(H3,7,8,11,12);. The molecular weight excluding hydrogens is 282 g/mol. The minimum Gasteiger partial charge on any atom is -0.369 e. The molecule has 0 aromatic heterocycles. The van der Waals surface area contributed by atoms with Gasteiger partial charge in [0.05, 0.1) is 6.54 Å². The Morgan fingerprint density at radius 3 is 2.36 bits per heavy atom. The molecule has 0 saturated heterocycles. The maximum atomic E-state index is 10.8. The van der Waals surface area contributed by atoms with Crippen molar-refractivity contribution in [2.45, 2.75) is 6.92 Å². The molecule has 0 saturated carbocycles. The summed E-state index contributed by atoms with van der Waals surface area (Å²) in [6.45, 7) is 2.55. The zero-order valence-electron chi connectivity index (χ0n) is 8.47. The van der Waals surface area contributed by atoms with Crippen molar-refractivity contribution in [1.82, 2.24) is 4.90 Å². The SMILES string of the molecule is CC(=O)CN(C)/C(N)=N/P(C)(=O)O.[Y]. The molecule has 0 amide bonds. The Morgan fingerprint density at radius 2 is 2.07 bits per heavy atom. The smallest absolute Gasteiger partial charge is 0.312 e. The van der Waals surface area contributed by atoms with Gasteiger partial charge in [0.1, 0.15) is 5.78 Å². The van der Waals surface area contributed by atoms with Crippen LogP contribution >= 0.6 is 7.52 Å². The second kappa shape index (κ2) is 6.67. The summed E-state index contributed by atoms with van der Waals surface area (Å²) < 4.78 is 14.1. The molecule has 0 aromatic carbocycles. The molecule has 0 aliphatic carbocycles. The first-order valence-electron chi connectivity index (χ1n) is 3.59. The number of rotatable bonds is 3. The van der Waals surface area contributed by atoms with Crippen LogP contribution in [0.15, 0.2) is 4.76 Å². The first-order valence-corrected chi connectivity index (χ1v) is 5.65. The average Bonchev–Trinajstić information content (AvgIpc) is 1.81. The van der Waals surface area contributed by atoms with Crippen LogP contribution in [-0.4, -0.2) is 41.8 Å². The third-order valence-electron chi connectivity index (χ3n) is 1.14. The molecule has 1 radical (unpaired) electrons.